The molecule has 0 aliphatic carbocycles. The second kappa shape index (κ2) is 13.2. The van der Waals surface area contributed by atoms with Gasteiger partial charge < -0.3 is 26.6 Å². The Labute approximate surface area is 233 Å². The number of H-pyrrole nitrogens is 1. The lowest BCUT2D eigenvalue weighted by atomic mass is 10.0. The lowest BCUT2D eigenvalue weighted by Gasteiger charge is -2.06. The normalized spacial score (nSPS) is 11.0. The first-order valence-electron chi connectivity index (χ1n) is 13.3. The molecule has 4 aromatic rings. The van der Waals surface area contributed by atoms with Crippen LogP contribution in [0.3, 0.4) is 0 Å². The van der Waals surface area contributed by atoms with Crippen molar-refractivity contribution in [2.24, 2.45) is 5.73 Å². The number of carbonyl (C=O) groups excluding carboxylic acids is 1. The number of aromatic amines is 1. The zero-order valence-electron chi connectivity index (χ0n) is 22.4. The summed E-state index contributed by atoms with van der Waals surface area (Å²) in [5.74, 6) is -0.701. The summed E-state index contributed by atoms with van der Waals surface area (Å²) in [6.07, 6.45) is 5.33. The van der Waals surface area contributed by atoms with Gasteiger partial charge in [0.2, 0.25) is 5.91 Å². The van der Waals surface area contributed by atoms with Crippen molar-refractivity contribution in [2.75, 3.05) is 11.9 Å². The Morgan fingerprint density at radius 2 is 1.60 bits per heavy atom. The van der Waals surface area contributed by atoms with Crippen LogP contribution in [0.1, 0.15) is 43.7 Å². The number of imidazole rings is 1. The molecule has 0 spiro atoms. The van der Waals surface area contributed by atoms with Crippen molar-refractivity contribution in [1.82, 2.24) is 9.97 Å². The maximum Gasteiger partial charge on any atom is 0.303 e. The van der Waals surface area contributed by atoms with Gasteiger partial charge in [0, 0.05) is 40.7 Å². The molecule has 0 saturated carbocycles. The van der Waals surface area contributed by atoms with Crippen LogP contribution in [0.25, 0.3) is 40.0 Å². The number of hydrogen-bond acceptors (Lipinski definition) is 5. The van der Waals surface area contributed by atoms with Crippen molar-refractivity contribution < 1.29 is 14.7 Å². The Morgan fingerprint density at radius 3 is 2.23 bits per heavy atom. The average Bonchev–Trinajstić information content (AvgIpc) is 3.41. The molecule has 0 aliphatic heterocycles. The van der Waals surface area contributed by atoms with Crippen LogP contribution in [-0.4, -0.2) is 39.2 Å². The van der Waals surface area contributed by atoms with Crippen LogP contribution in [0.2, 0.25) is 0 Å². The topological polar surface area (TPSA) is 145 Å². The molecule has 0 unspecified atom stereocenters. The van der Waals surface area contributed by atoms with E-state index in [1.165, 1.54) is 6.08 Å². The summed E-state index contributed by atoms with van der Waals surface area (Å²) in [4.78, 5) is 30.5. The molecular weight excluding hydrogens is 502 g/mol. The van der Waals surface area contributed by atoms with Crippen molar-refractivity contribution in [3.05, 3.63) is 90.0 Å². The highest BCUT2D eigenvalue weighted by Crippen LogP contribution is 2.34. The Kier molecular flexibility index (Phi) is 9.25. The summed E-state index contributed by atoms with van der Waals surface area (Å²) < 4.78 is 0. The van der Waals surface area contributed by atoms with Crippen LogP contribution in [0.5, 0.6) is 0 Å². The van der Waals surface area contributed by atoms with Gasteiger partial charge in [-0.1, -0.05) is 61.9 Å². The Morgan fingerprint density at radius 1 is 0.950 bits per heavy atom. The van der Waals surface area contributed by atoms with Gasteiger partial charge in [0.25, 0.3) is 0 Å². The molecule has 6 N–H and O–H groups in total. The molecule has 3 aromatic carbocycles. The summed E-state index contributed by atoms with van der Waals surface area (Å²) in [6.45, 7) is 3.10. The molecular formula is C32H33N5O3. The third-order valence-corrected chi connectivity index (χ3v) is 6.46. The SMILES string of the molecule is CCCCNc1ccc(-c2nc(-c3ccc(C(=N)CCC(=O)O)cc3)c(-c3ccc(/C=C/C(N)=O)cc3)[nH]2)cc1. The molecule has 1 heterocycles. The second-order valence-electron chi connectivity index (χ2n) is 9.47. The van der Waals surface area contributed by atoms with Crippen LogP contribution < -0.4 is 11.1 Å². The van der Waals surface area contributed by atoms with Crippen molar-refractivity contribution in [3.63, 3.8) is 0 Å². The molecule has 40 heavy (non-hydrogen) atoms. The number of carboxylic acids is 1. The monoisotopic (exact) mass is 535 g/mol. The molecule has 1 amide bonds. The number of nitrogens with one attached hydrogen (secondary N) is 3. The largest absolute Gasteiger partial charge is 0.481 e. The maximum absolute atomic E-state index is 11.1. The van der Waals surface area contributed by atoms with Gasteiger partial charge in [-0.3, -0.25) is 9.59 Å². The molecule has 0 saturated heterocycles. The Hall–Kier alpha value is -4.98. The van der Waals surface area contributed by atoms with E-state index in [2.05, 4.69) is 17.2 Å². The van der Waals surface area contributed by atoms with Gasteiger partial charge in [-0.2, -0.15) is 0 Å². The van der Waals surface area contributed by atoms with Gasteiger partial charge in [0.1, 0.15) is 5.82 Å². The first-order valence-corrected chi connectivity index (χ1v) is 13.3. The minimum absolute atomic E-state index is 0.0784. The number of nitrogens with two attached hydrogens (primary N) is 1. The van der Waals surface area contributed by atoms with Gasteiger partial charge in [-0.15, -0.1) is 0 Å². The van der Waals surface area contributed by atoms with E-state index in [1.807, 2.05) is 72.8 Å². The van der Waals surface area contributed by atoms with Gasteiger partial charge in [-0.05, 0) is 54.3 Å². The predicted molar refractivity (Wildman–Crippen MR) is 160 cm³/mol. The van der Waals surface area contributed by atoms with E-state index in [-0.39, 0.29) is 18.6 Å². The highest BCUT2D eigenvalue weighted by atomic mass is 16.4. The van der Waals surface area contributed by atoms with E-state index in [1.54, 1.807) is 6.08 Å². The number of rotatable bonds is 13. The van der Waals surface area contributed by atoms with Gasteiger partial charge in [-0.25, -0.2) is 4.98 Å². The number of hydrogen-bond donors (Lipinski definition) is 5. The summed E-state index contributed by atoms with van der Waals surface area (Å²) in [5.41, 5.74) is 12.4. The summed E-state index contributed by atoms with van der Waals surface area (Å²) in [7, 11) is 0. The highest BCUT2D eigenvalue weighted by Gasteiger charge is 2.16. The number of carboxylic acid groups (broad SMARTS) is 1. The lowest BCUT2D eigenvalue weighted by Crippen LogP contribution is -2.05. The number of anilines is 1. The lowest BCUT2D eigenvalue weighted by molar-refractivity contribution is -0.136. The van der Waals surface area contributed by atoms with Crippen LogP contribution in [0.4, 0.5) is 5.69 Å². The second-order valence-corrected chi connectivity index (χ2v) is 9.47. The van der Waals surface area contributed by atoms with E-state index in [4.69, 9.17) is 21.2 Å². The smallest absolute Gasteiger partial charge is 0.303 e. The number of aromatic nitrogens is 2. The van der Waals surface area contributed by atoms with Crippen LogP contribution in [0.15, 0.2) is 78.9 Å². The number of primary amides is 1. The number of benzene rings is 3. The third kappa shape index (κ3) is 7.32. The van der Waals surface area contributed by atoms with Gasteiger partial charge in [0.15, 0.2) is 0 Å². The number of amides is 1. The van der Waals surface area contributed by atoms with Crippen molar-refractivity contribution in [2.45, 2.75) is 32.6 Å². The number of nitrogens with zero attached hydrogens (tertiary/aromatic N) is 1. The number of carbonyl (C=O) groups is 2. The molecule has 8 nitrogen and oxygen atoms in total. The zero-order chi connectivity index (χ0) is 28.5. The Bertz CT molecular complexity index is 1500. The molecule has 0 aliphatic rings. The maximum atomic E-state index is 11.1. The summed E-state index contributed by atoms with van der Waals surface area (Å²) in [5, 5.41) is 20.6. The molecule has 0 radical (unpaired) electrons. The first-order chi connectivity index (χ1) is 19.3. The molecule has 0 atom stereocenters. The van der Waals surface area contributed by atoms with E-state index in [9.17, 15) is 9.59 Å². The highest BCUT2D eigenvalue weighted by molar-refractivity contribution is 6.00. The van der Waals surface area contributed by atoms with Crippen molar-refractivity contribution in [1.29, 1.82) is 5.41 Å². The number of unbranched alkanes of at least 4 members (excludes halogenated alkanes) is 1. The van der Waals surface area contributed by atoms with Crippen LogP contribution in [-0.2, 0) is 9.59 Å². The van der Waals surface area contributed by atoms with Crippen LogP contribution in [0, 0.1) is 5.41 Å². The summed E-state index contributed by atoms with van der Waals surface area (Å²) in [6, 6.07) is 23.3. The summed E-state index contributed by atoms with van der Waals surface area (Å²) >= 11 is 0. The minimum Gasteiger partial charge on any atom is -0.481 e. The molecule has 204 valence electrons. The molecule has 4 rings (SSSR count). The predicted octanol–water partition coefficient (Wildman–Crippen LogP) is 6.35. The van der Waals surface area contributed by atoms with E-state index < -0.39 is 11.9 Å². The van der Waals surface area contributed by atoms with E-state index >= 15 is 0 Å². The van der Waals surface area contributed by atoms with Crippen molar-refractivity contribution >= 4 is 29.4 Å². The zero-order valence-corrected chi connectivity index (χ0v) is 22.4. The number of aliphatic carboxylic acids is 1. The average molecular weight is 536 g/mol. The third-order valence-electron chi connectivity index (χ3n) is 6.46. The quantitative estimate of drug-likeness (QED) is 0.0769. The fourth-order valence-corrected chi connectivity index (χ4v) is 4.23. The van der Waals surface area contributed by atoms with Gasteiger partial charge in [0.05, 0.1) is 17.8 Å². The molecule has 8 heteroatoms. The minimum atomic E-state index is -0.920. The first kappa shape index (κ1) is 28.0. The fraction of sp³-hybridized carbons (Fsp3) is 0.188. The molecule has 1 aromatic heterocycles. The fourth-order valence-electron chi connectivity index (χ4n) is 4.23. The molecule has 0 fully saturated rings. The van der Waals surface area contributed by atoms with Crippen molar-refractivity contribution in [3.8, 4) is 33.9 Å². The van der Waals surface area contributed by atoms with Gasteiger partial charge >= 0.3 is 5.97 Å². The Balaban J connectivity index is 1.67. The van der Waals surface area contributed by atoms with Crippen LogP contribution >= 0.6 is 0 Å². The van der Waals surface area contributed by atoms with E-state index in [0.29, 0.717) is 5.56 Å². The molecule has 0 bridgehead atoms. The van der Waals surface area contributed by atoms with E-state index in [0.717, 1.165) is 64.5 Å². The standard InChI is InChI=1S/C32H33N5O3/c1-2-3-20-35-26-15-13-25(14-16-26)32-36-30(23-7-4-21(5-8-23)6-18-28(34)38)31(37-32)24-11-9-22(10-12-24)27(33)17-19-29(39)40/h4-16,18,33,35H,2-3,17,19-20H2,1H3,(H2,34,38)(H,36,37)(H,39,40)/b18-6+,33-27?.